The van der Waals surface area contributed by atoms with Gasteiger partial charge in [-0.15, -0.1) is 0 Å². The molecule has 5 heteroatoms. The molecule has 0 saturated carbocycles. The van der Waals surface area contributed by atoms with E-state index in [1.54, 1.807) is 22.9 Å². The summed E-state index contributed by atoms with van der Waals surface area (Å²) >= 11 is 5.81. The molecule has 0 unspecified atom stereocenters. The molecular weight excluding hydrogens is 264 g/mol. The lowest BCUT2D eigenvalue weighted by atomic mass is 10.2. The number of aromatic nitrogens is 2. The molecule has 0 radical (unpaired) electrons. The van der Waals surface area contributed by atoms with Gasteiger partial charge in [-0.1, -0.05) is 30.7 Å². The Bertz CT molecular complexity index is 671. The SMILES string of the molecule is CCCn1ccc(=O)n(Cc2ccc(Cl)cc2)c1=O. The minimum Gasteiger partial charge on any atom is -0.300 e. The first-order chi connectivity index (χ1) is 9.11. The predicted octanol–water partition coefficient (Wildman–Crippen LogP) is 2.12. The van der Waals surface area contributed by atoms with Crippen molar-refractivity contribution in [3.8, 4) is 0 Å². The third-order valence-electron chi connectivity index (χ3n) is 2.86. The third-order valence-corrected chi connectivity index (χ3v) is 3.11. The van der Waals surface area contributed by atoms with Gasteiger partial charge in [0.05, 0.1) is 6.54 Å². The van der Waals surface area contributed by atoms with Crippen LogP contribution in [0.1, 0.15) is 18.9 Å². The summed E-state index contributed by atoms with van der Waals surface area (Å²) in [7, 11) is 0. The maximum Gasteiger partial charge on any atom is 0.331 e. The average molecular weight is 279 g/mol. The second-order valence-corrected chi connectivity index (χ2v) is 4.78. The van der Waals surface area contributed by atoms with Gasteiger partial charge in [-0.2, -0.15) is 0 Å². The normalized spacial score (nSPS) is 10.6. The number of halogens is 1. The summed E-state index contributed by atoms with van der Waals surface area (Å²) in [6.45, 7) is 2.86. The Morgan fingerprint density at radius 3 is 2.42 bits per heavy atom. The summed E-state index contributed by atoms with van der Waals surface area (Å²) in [4.78, 5) is 23.9. The highest BCUT2D eigenvalue weighted by atomic mass is 35.5. The first-order valence-electron chi connectivity index (χ1n) is 6.16. The van der Waals surface area contributed by atoms with E-state index in [2.05, 4.69) is 0 Å². The molecular formula is C14H15ClN2O2. The van der Waals surface area contributed by atoms with E-state index in [4.69, 9.17) is 11.6 Å². The minimum absolute atomic E-state index is 0.263. The Morgan fingerprint density at radius 2 is 1.79 bits per heavy atom. The molecule has 0 spiro atoms. The maximum absolute atomic E-state index is 12.2. The molecule has 2 rings (SSSR count). The van der Waals surface area contributed by atoms with Crippen LogP contribution in [-0.4, -0.2) is 9.13 Å². The van der Waals surface area contributed by atoms with Crippen molar-refractivity contribution in [3.05, 3.63) is 68.0 Å². The molecule has 0 saturated heterocycles. The van der Waals surface area contributed by atoms with Gasteiger partial charge < -0.3 is 4.57 Å². The molecule has 0 amide bonds. The van der Waals surface area contributed by atoms with Crippen molar-refractivity contribution in [2.75, 3.05) is 0 Å². The van der Waals surface area contributed by atoms with Crippen LogP contribution < -0.4 is 11.2 Å². The summed E-state index contributed by atoms with van der Waals surface area (Å²) in [5.74, 6) is 0. The number of benzene rings is 1. The fourth-order valence-corrected chi connectivity index (χ4v) is 2.01. The summed E-state index contributed by atoms with van der Waals surface area (Å²) in [6, 6.07) is 8.54. The van der Waals surface area contributed by atoms with Gasteiger partial charge in [0.15, 0.2) is 0 Å². The molecule has 0 bridgehead atoms. The van der Waals surface area contributed by atoms with Crippen LogP contribution in [0, 0.1) is 0 Å². The van der Waals surface area contributed by atoms with Gasteiger partial charge >= 0.3 is 5.69 Å². The van der Waals surface area contributed by atoms with Crippen molar-refractivity contribution in [1.29, 1.82) is 0 Å². The summed E-state index contributed by atoms with van der Waals surface area (Å²) in [5, 5.41) is 0.632. The van der Waals surface area contributed by atoms with Crippen LogP contribution >= 0.6 is 11.6 Å². The van der Waals surface area contributed by atoms with Crippen molar-refractivity contribution in [3.63, 3.8) is 0 Å². The van der Waals surface area contributed by atoms with E-state index in [0.29, 0.717) is 11.6 Å². The molecule has 0 N–H and O–H groups in total. The Hall–Kier alpha value is -1.81. The predicted molar refractivity (Wildman–Crippen MR) is 75.8 cm³/mol. The number of nitrogens with zero attached hydrogens (tertiary/aromatic N) is 2. The van der Waals surface area contributed by atoms with Crippen LogP contribution in [-0.2, 0) is 13.1 Å². The number of rotatable bonds is 4. The smallest absolute Gasteiger partial charge is 0.300 e. The molecule has 0 aliphatic heterocycles. The topological polar surface area (TPSA) is 44.0 Å². The molecule has 4 nitrogen and oxygen atoms in total. The zero-order valence-corrected chi connectivity index (χ0v) is 11.4. The van der Waals surface area contributed by atoms with E-state index in [-0.39, 0.29) is 17.8 Å². The highest BCUT2D eigenvalue weighted by Crippen LogP contribution is 2.09. The number of hydrogen-bond acceptors (Lipinski definition) is 2. The van der Waals surface area contributed by atoms with E-state index in [1.807, 2.05) is 19.1 Å². The number of hydrogen-bond donors (Lipinski definition) is 0. The lowest BCUT2D eigenvalue weighted by Crippen LogP contribution is -2.39. The van der Waals surface area contributed by atoms with Crippen LogP contribution in [0.2, 0.25) is 5.02 Å². The second-order valence-electron chi connectivity index (χ2n) is 4.34. The molecule has 0 atom stereocenters. The minimum atomic E-state index is -0.285. The third kappa shape index (κ3) is 3.15. The summed E-state index contributed by atoms with van der Waals surface area (Å²) < 4.78 is 2.79. The second kappa shape index (κ2) is 5.89. The van der Waals surface area contributed by atoms with E-state index < -0.39 is 0 Å². The molecule has 100 valence electrons. The quantitative estimate of drug-likeness (QED) is 0.860. The Morgan fingerprint density at radius 1 is 1.11 bits per heavy atom. The van der Waals surface area contributed by atoms with Crippen LogP contribution in [0.4, 0.5) is 0 Å². The molecule has 19 heavy (non-hydrogen) atoms. The van der Waals surface area contributed by atoms with Crippen LogP contribution in [0.3, 0.4) is 0 Å². The molecule has 1 heterocycles. The van der Waals surface area contributed by atoms with E-state index in [0.717, 1.165) is 12.0 Å². The Balaban J connectivity index is 2.39. The molecule has 0 aliphatic carbocycles. The van der Waals surface area contributed by atoms with E-state index >= 15 is 0 Å². The maximum atomic E-state index is 12.2. The summed E-state index contributed by atoms with van der Waals surface area (Å²) in [5.41, 5.74) is 0.314. The Labute approximate surface area is 115 Å². The van der Waals surface area contributed by atoms with Crippen molar-refractivity contribution in [2.45, 2.75) is 26.4 Å². The largest absolute Gasteiger partial charge is 0.331 e. The van der Waals surface area contributed by atoms with Gasteiger partial charge in [-0.25, -0.2) is 4.79 Å². The van der Waals surface area contributed by atoms with Gasteiger partial charge in [-0.05, 0) is 24.1 Å². The van der Waals surface area contributed by atoms with Crippen molar-refractivity contribution in [1.82, 2.24) is 9.13 Å². The molecule has 0 fully saturated rings. The molecule has 0 aliphatic rings. The van der Waals surface area contributed by atoms with Crippen molar-refractivity contribution in [2.24, 2.45) is 0 Å². The fraction of sp³-hybridized carbons (Fsp3) is 0.286. The van der Waals surface area contributed by atoms with Gasteiger partial charge in [-0.3, -0.25) is 9.36 Å². The highest BCUT2D eigenvalue weighted by Gasteiger charge is 2.05. The number of aryl methyl sites for hydroxylation is 1. The summed E-state index contributed by atoms with van der Waals surface area (Å²) in [6.07, 6.45) is 2.39. The fourth-order valence-electron chi connectivity index (χ4n) is 1.89. The van der Waals surface area contributed by atoms with E-state index in [9.17, 15) is 9.59 Å². The van der Waals surface area contributed by atoms with E-state index in [1.165, 1.54) is 10.6 Å². The Kier molecular flexibility index (Phi) is 4.22. The van der Waals surface area contributed by atoms with Gasteiger partial charge in [0, 0.05) is 23.8 Å². The van der Waals surface area contributed by atoms with Gasteiger partial charge in [0.25, 0.3) is 5.56 Å². The molecule has 1 aromatic carbocycles. The lowest BCUT2D eigenvalue weighted by Gasteiger charge is -2.09. The molecule has 2 aromatic rings. The molecule has 1 aromatic heterocycles. The lowest BCUT2D eigenvalue weighted by molar-refractivity contribution is 0.571. The van der Waals surface area contributed by atoms with Gasteiger partial charge in [0.1, 0.15) is 0 Å². The first-order valence-corrected chi connectivity index (χ1v) is 6.54. The average Bonchev–Trinajstić information content (AvgIpc) is 2.40. The van der Waals surface area contributed by atoms with Crippen molar-refractivity contribution < 1.29 is 0 Å². The van der Waals surface area contributed by atoms with Crippen LogP contribution in [0.5, 0.6) is 0 Å². The first kappa shape index (κ1) is 13.6. The van der Waals surface area contributed by atoms with Crippen molar-refractivity contribution >= 4 is 11.6 Å². The zero-order chi connectivity index (χ0) is 13.8. The standard InChI is InChI=1S/C14H15ClN2O2/c1-2-8-16-9-7-13(18)17(14(16)19)10-11-3-5-12(15)6-4-11/h3-7,9H,2,8,10H2,1H3. The van der Waals surface area contributed by atoms with Crippen LogP contribution in [0.15, 0.2) is 46.1 Å². The van der Waals surface area contributed by atoms with Crippen LogP contribution in [0.25, 0.3) is 0 Å². The zero-order valence-electron chi connectivity index (χ0n) is 10.7. The highest BCUT2D eigenvalue weighted by molar-refractivity contribution is 6.30. The van der Waals surface area contributed by atoms with Gasteiger partial charge in [0.2, 0.25) is 0 Å². The monoisotopic (exact) mass is 278 g/mol.